The Bertz CT molecular complexity index is 1170. The normalized spacial score (nSPS) is 30.6. The highest BCUT2D eigenvalue weighted by atomic mass is 79.9. The van der Waals surface area contributed by atoms with Crippen LogP contribution in [0.4, 0.5) is 11.4 Å². The molecule has 3 saturated heterocycles. The number of ether oxygens (including phenoxy) is 2. The fraction of sp³-hybridized carbons (Fsp3) is 0.444. The Kier molecular flexibility index (Phi) is 6.99. The summed E-state index contributed by atoms with van der Waals surface area (Å²) >= 11 is 3.66. The van der Waals surface area contributed by atoms with Gasteiger partial charge in [0.2, 0.25) is 17.7 Å². The number of hydrogen-bond donors (Lipinski definition) is 3. The van der Waals surface area contributed by atoms with E-state index in [4.69, 9.17) is 9.47 Å². The van der Waals surface area contributed by atoms with Crippen molar-refractivity contribution in [3.05, 3.63) is 54.6 Å². The molecule has 0 aliphatic carbocycles. The number of aliphatic hydroxyl groups is 1. The number of aliphatic hydroxyl groups excluding tert-OH is 1. The van der Waals surface area contributed by atoms with Gasteiger partial charge in [0.25, 0.3) is 0 Å². The van der Waals surface area contributed by atoms with Gasteiger partial charge in [-0.15, -0.1) is 0 Å². The highest BCUT2D eigenvalue weighted by Gasteiger charge is 2.77. The van der Waals surface area contributed by atoms with E-state index in [9.17, 15) is 19.5 Å². The molecule has 196 valence electrons. The van der Waals surface area contributed by atoms with Gasteiger partial charge in [-0.05, 0) is 49.2 Å². The van der Waals surface area contributed by atoms with E-state index < -0.39 is 41.5 Å². The van der Waals surface area contributed by atoms with E-state index in [1.807, 2.05) is 25.1 Å². The highest BCUT2D eigenvalue weighted by Crippen LogP contribution is 2.60. The summed E-state index contributed by atoms with van der Waals surface area (Å²) in [5.41, 5.74) is -0.0435. The van der Waals surface area contributed by atoms with Crippen LogP contribution in [0, 0.1) is 11.8 Å². The molecular formula is C27H30BrN3O6. The first-order valence-electron chi connectivity index (χ1n) is 12.4. The standard InChI is InChI=1S/C27H30BrN3O6/c1-3-17(14-32)31-23(25(34)30-16-9-11-18(36-2)12-10-16)27-13-19(28)22(37-27)20(21(27)26(31)35)24(33)29-15-7-5-4-6-8-15/h4-12,17,19-23,32H,3,13-14H2,1-2H3,(H,29,33)(H,30,34)/t17-,19?,20+,21-,22+,23?,27?/m0/s1. The van der Waals surface area contributed by atoms with E-state index in [1.165, 1.54) is 4.90 Å². The Morgan fingerprint density at radius 3 is 2.41 bits per heavy atom. The summed E-state index contributed by atoms with van der Waals surface area (Å²) in [6, 6.07) is 14.3. The second-order valence-electron chi connectivity index (χ2n) is 9.73. The molecule has 3 N–H and O–H groups in total. The van der Waals surface area contributed by atoms with E-state index in [2.05, 4.69) is 26.6 Å². The van der Waals surface area contributed by atoms with Gasteiger partial charge < -0.3 is 30.1 Å². The largest absolute Gasteiger partial charge is 0.497 e. The first-order valence-corrected chi connectivity index (χ1v) is 13.3. The van der Waals surface area contributed by atoms with Gasteiger partial charge in [0.05, 0.1) is 37.7 Å². The summed E-state index contributed by atoms with van der Waals surface area (Å²) in [5.74, 6) is -2.07. The molecule has 3 unspecified atom stereocenters. The van der Waals surface area contributed by atoms with Gasteiger partial charge in [0.1, 0.15) is 17.4 Å². The number of benzene rings is 2. The summed E-state index contributed by atoms with van der Waals surface area (Å²) in [7, 11) is 1.56. The molecule has 3 amide bonds. The van der Waals surface area contributed by atoms with Crippen LogP contribution in [0.5, 0.6) is 5.75 Å². The molecule has 10 heteroatoms. The molecule has 3 fully saturated rings. The zero-order valence-corrected chi connectivity index (χ0v) is 22.2. The maximum Gasteiger partial charge on any atom is 0.250 e. The molecule has 7 atom stereocenters. The Balaban J connectivity index is 1.51. The van der Waals surface area contributed by atoms with Crippen LogP contribution in [0.2, 0.25) is 0 Å². The third-order valence-corrected chi connectivity index (χ3v) is 8.60. The van der Waals surface area contributed by atoms with Crippen LogP contribution in [0.1, 0.15) is 19.8 Å². The summed E-state index contributed by atoms with van der Waals surface area (Å²) in [6.45, 7) is 1.54. The van der Waals surface area contributed by atoms with Gasteiger partial charge in [-0.2, -0.15) is 0 Å². The number of amides is 3. The number of nitrogens with one attached hydrogen (secondary N) is 2. The minimum atomic E-state index is -1.20. The molecule has 0 radical (unpaired) electrons. The van der Waals surface area contributed by atoms with Crippen LogP contribution in [0.3, 0.4) is 0 Å². The fourth-order valence-corrected chi connectivity index (χ4v) is 7.05. The number of alkyl halides is 1. The van der Waals surface area contributed by atoms with Crippen molar-refractivity contribution in [3.8, 4) is 5.75 Å². The molecule has 0 aromatic heterocycles. The van der Waals surface area contributed by atoms with Crippen LogP contribution in [0.25, 0.3) is 0 Å². The molecule has 37 heavy (non-hydrogen) atoms. The number of para-hydroxylation sites is 1. The molecule has 1 spiro atoms. The lowest BCUT2D eigenvalue weighted by molar-refractivity contribution is -0.143. The van der Waals surface area contributed by atoms with Gasteiger partial charge in [-0.25, -0.2) is 0 Å². The summed E-state index contributed by atoms with van der Waals surface area (Å²) < 4.78 is 11.7. The number of anilines is 2. The molecule has 9 nitrogen and oxygen atoms in total. The third kappa shape index (κ3) is 4.20. The highest BCUT2D eigenvalue weighted by molar-refractivity contribution is 9.09. The monoisotopic (exact) mass is 571 g/mol. The van der Waals surface area contributed by atoms with Crippen LogP contribution in [-0.4, -0.2) is 70.1 Å². The molecule has 2 bridgehead atoms. The number of carbonyl (C=O) groups is 3. The van der Waals surface area contributed by atoms with Crippen molar-refractivity contribution >= 4 is 45.0 Å². The molecule has 0 saturated carbocycles. The number of fused-ring (bicyclic) bond motifs is 1. The predicted octanol–water partition coefficient (Wildman–Crippen LogP) is 2.79. The number of nitrogens with zero attached hydrogens (tertiary/aromatic N) is 1. The van der Waals surface area contributed by atoms with Gasteiger partial charge >= 0.3 is 0 Å². The second kappa shape index (κ2) is 10.1. The van der Waals surface area contributed by atoms with Crippen molar-refractivity contribution in [2.75, 3.05) is 24.4 Å². The SMILES string of the molecule is CC[C@@H](CO)N1C(=O)[C@@H]2[C@@H](C(=O)Nc3ccccc3)[C@@H]3OC2(CC3Br)C1C(=O)Nc1ccc(OC)cc1. The lowest BCUT2D eigenvalue weighted by atomic mass is 9.70. The van der Waals surface area contributed by atoms with Crippen LogP contribution >= 0.6 is 15.9 Å². The van der Waals surface area contributed by atoms with Crippen molar-refractivity contribution in [2.45, 2.75) is 48.4 Å². The van der Waals surface area contributed by atoms with Gasteiger partial charge in [0.15, 0.2) is 0 Å². The number of rotatable bonds is 8. The number of methoxy groups -OCH3 is 1. The average molecular weight is 572 g/mol. The van der Waals surface area contributed by atoms with Crippen LogP contribution in [-0.2, 0) is 19.1 Å². The van der Waals surface area contributed by atoms with E-state index in [0.717, 1.165) is 0 Å². The van der Waals surface area contributed by atoms with Crippen molar-refractivity contribution in [2.24, 2.45) is 11.8 Å². The minimum Gasteiger partial charge on any atom is -0.497 e. The van der Waals surface area contributed by atoms with Crippen molar-refractivity contribution < 1.29 is 29.0 Å². The van der Waals surface area contributed by atoms with E-state index in [1.54, 1.807) is 43.5 Å². The number of carbonyl (C=O) groups excluding carboxylic acids is 3. The minimum absolute atomic E-state index is 0.214. The smallest absolute Gasteiger partial charge is 0.250 e. The Morgan fingerprint density at radius 2 is 1.78 bits per heavy atom. The van der Waals surface area contributed by atoms with Gasteiger partial charge in [-0.3, -0.25) is 14.4 Å². The van der Waals surface area contributed by atoms with Crippen LogP contribution < -0.4 is 15.4 Å². The maximum absolute atomic E-state index is 14.0. The molecular weight excluding hydrogens is 542 g/mol. The zero-order chi connectivity index (χ0) is 26.3. The lowest BCUT2D eigenvalue weighted by Crippen LogP contribution is -2.56. The quantitative estimate of drug-likeness (QED) is 0.419. The second-order valence-corrected chi connectivity index (χ2v) is 10.9. The van der Waals surface area contributed by atoms with Crippen molar-refractivity contribution in [1.82, 2.24) is 4.90 Å². The molecule has 3 aliphatic rings. The molecule has 3 aliphatic heterocycles. The lowest BCUT2D eigenvalue weighted by Gasteiger charge is -2.36. The Labute approximate surface area is 223 Å². The number of hydrogen-bond acceptors (Lipinski definition) is 6. The summed E-state index contributed by atoms with van der Waals surface area (Å²) in [4.78, 5) is 42.6. The molecule has 3 heterocycles. The topological polar surface area (TPSA) is 117 Å². The summed E-state index contributed by atoms with van der Waals surface area (Å²) in [6.07, 6.45) is 0.270. The first-order chi connectivity index (χ1) is 17.8. The average Bonchev–Trinajstić information content (AvgIpc) is 3.49. The Morgan fingerprint density at radius 1 is 1.14 bits per heavy atom. The van der Waals surface area contributed by atoms with Gasteiger partial charge in [-0.1, -0.05) is 41.1 Å². The van der Waals surface area contributed by atoms with E-state index in [0.29, 0.717) is 30.0 Å². The molecule has 2 aromatic rings. The molecule has 2 aromatic carbocycles. The Hall–Kier alpha value is -2.95. The third-order valence-electron chi connectivity index (χ3n) is 7.75. The van der Waals surface area contributed by atoms with Crippen molar-refractivity contribution in [1.29, 1.82) is 0 Å². The van der Waals surface area contributed by atoms with Gasteiger partial charge in [0, 0.05) is 16.2 Å². The number of halogens is 1. The summed E-state index contributed by atoms with van der Waals surface area (Å²) in [5, 5.41) is 16.0. The zero-order valence-electron chi connectivity index (χ0n) is 20.6. The van der Waals surface area contributed by atoms with Crippen molar-refractivity contribution in [3.63, 3.8) is 0 Å². The predicted molar refractivity (Wildman–Crippen MR) is 140 cm³/mol. The molecule has 5 rings (SSSR count). The number of likely N-dealkylation sites (tertiary alicyclic amines) is 1. The van der Waals surface area contributed by atoms with E-state index in [-0.39, 0.29) is 23.2 Å². The fourth-order valence-electron chi connectivity index (χ4n) is 6.11. The maximum atomic E-state index is 14.0. The van der Waals surface area contributed by atoms with Crippen LogP contribution in [0.15, 0.2) is 54.6 Å². The van der Waals surface area contributed by atoms with E-state index >= 15 is 0 Å². The first kappa shape index (κ1) is 25.7.